The Kier molecular flexibility index (Phi) is 5.53. The number of aromatic nitrogens is 4. The van der Waals surface area contributed by atoms with Gasteiger partial charge >= 0.3 is 6.18 Å². The summed E-state index contributed by atoms with van der Waals surface area (Å²) in [6, 6.07) is 1.79. The maximum absolute atomic E-state index is 12.7. The van der Waals surface area contributed by atoms with Crippen LogP contribution in [0, 0.1) is 12.8 Å². The number of nitrogens with zero attached hydrogens (tertiary/aromatic N) is 4. The highest BCUT2D eigenvalue weighted by molar-refractivity contribution is 6.03. The highest BCUT2D eigenvalue weighted by Crippen LogP contribution is 2.31. The Morgan fingerprint density at radius 1 is 1.28 bits per heavy atom. The predicted molar refractivity (Wildman–Crippen MR) is 110 cm³/mol. The molecule has 1 atom stereocenters. The highest BCUT2D eigenvalue weighted by atomic mass is 19.4. The Balaban J connectivity index is 1.41. The van der Waals surface area contributed by atoms with Crippen molar-refractivity contribution in [2.45, 2.75) is 46.1 Å². The summed E-state index contributed by atoms with van der Waals surface area (Å²) in [5.74, 6) is 0.00829. The van der Waals surface area contributed by atoms with Gasteiger partial charge in [-0.25, -0.2) is 4.98 Å². The van der Waals surface area contributed by atoms with Crippen LogP contribution >= 0.6 is 0 Å². The Morgan fingerprint density at radius 3 is 2.75 bits per heavy atom. The fourth-order valence-electron chi connectivity index (χ4n) is 3.33. The first-order valence-corrected chi connectivity index (χ1v) is 9.97. The average molecular weight is 449 g/mol. The molecular formula is C20H22F3N7O2. The molecular weight excluding hydrogens is 427 g/mol. The fraction of sp³-hybridized carbons (Fsp3) is 0.400. The van der Waals surface area contributed by atoms with Crippen molar-refractivity contribution in [3.8, 4) is 0 Å². The van der Waals surface area contributed by atoms with E-state index in [0.717, 1.165) is 11.6 Å². The number of furan rings is 1. The van der Waals surface area contributed by atoms with Gasteiger partial charge in [0.2, 0.25) is 17.6 Å². The van der Waals surface area contributed by atoms with Gasteiger partial charge in [0.05, 0.1) is 18.4 Å². The first-order chi connectivity index (χ1) is 15.1. The van der Waals surface area contributed by atoms with Gasteiger partial charge < -0.3 is 20.4 Å². The van der Waals surface area contributed by atoms with Crippen molar-refractivity contribution >= 4 is 23.4 Å². The first-order valence-electron chi connectivity index (χ1n) is 9.97. The number of halogens is 3. The lowest BCUT2D eigenvalue weighted by Crippen LogP contribution is -2.43. The van der Waals surface area contributed by atoms with Crippen LogP contribution in [0.25, 0.3) is 0 Å². The number of aryl methyl sites for hydroxylation is 1. The topological polar surface area (TPSA) is 110 Å². The average Bonchev–Trinajstić information content (AvgIpc) is 3.36. The van der Waals surface area contributed by atoms with E-state index in [9.17, 15) is 18.0 Å². The number of nitrogens with one attached hydrogen (secondary N) is 3. The predicted octanol–water partition coefficient (Wildman–Crippen LogP) is 3.64. The van der Waals surface area contributed by atoms with E-state index in [4.69, 9.17) is 4.42 Å². The maximum atomic E-state index is 12.7. The van der Waals surface area contributed by atoms with Gasteiger partial charge in [-0.2, -0.15) is 23.3 Å². The summed E-state index contributed by atoms with van der Waals surface area (Å²) in [4.78, 5) is 21.1. The van der Waals surface area contributed by atoms with Gasteiger partial charge in [0.1, 0.15) is 17.5 Å². The second-order valence-electron chi connectivity index (χ2n) is 7.87. The third-order valence-electron chi connectivity index (χ3n) is 4.98. The van der Waals surface area contributed by atoms with Crippen LogP contribution in [-0.2, 0) is 24.1 Å². The van der Waals surface area contributed by atoms with Crippen LogP contribution < -0.4 is 16.0 Å². The van der Waals surface area contributed by atoms with E-state index in [1.807, 2.05) is 13.8 Å². The molecule has 4 rings (SSSR count). The normalized spacial score (nSPS) is 16.0. The summed E-state index contributed by atoms with van der Waals surface area (Å²) in [5, 5.41) is 13.3. The number of fused-ring (bicyclic) bond motifs is 1. The van der Waals surface area contributed by atoms with Crippen LogP contribution in [0.5, 0.6) is 0 Å². The largest absolute Gasteiger partial charge is 0.455 e. The number of alkyl halides is 3. The number of carbonyl (C=O) groups is 1. The van der Waals surface area contributed by atoms with Crippen molar-refractivity contribution in [1.82, 2.24) is 19.7 Å². The lowest BCUT2D eigenvalue weighted by atomic mass is 10.0. The Labute approximate surface area is 181 Å². The summed E-state index contributed by atoms with van der Waals surface area (Å²) >= 11 is 0. The second kappa shape index (κ2) is 8.17. The first kappa shape index (κ1) is 21.7. The molecule has 170 valence electrons. The van der Waals surface area contributed by atoms with Gasteiger partial charge in [-0.05, 0) is 25.0 Å². The maximum Gasteiger partial charge on any atom is 0.449 e. The molecule has 0 saturated carbocycles. The van der Waals surface area contributed by atoms with Crippen molar-refractivity contribution in [2.24, 2.45) is 5.92 Å². The SMILES string of the molecule is Cc1nc(NCc2cnn(Cc3ccc(C(F)(F)F)o3)c2)nc2c1NC(=O)C(C(C)C)N2. The molecule has 0 fully saturated rings. The molecule has 9 nitrogen and oxygen atoms in total. The number of amides is 1. The number of anilines is 3. The molecule has 0 bridgehead atoms. The summed E-state index contributed by atoms with van der Waals surface area (Å²) in [7, 11) is 0. The quantitative estimate of drug-likeness (QED) is 0.527. The van der Waals surface area contributed by atoms with Crippen molar-refractivity contribution in [1.29, 1.82) is 0 Å². The van der Waals surface area contributed by atoms with Gasteiger partial charge in [0.15, 0.2) is 5.82 Å². The minimum absolute atomic E-state index is 0.0741. The summed E-state index contributed by atoms with van der Waals surface area (Å²) in [6.45, 7) is 6.09. The van der Waals surface area contributed by atoms with E-state index in [1.165, 1.54) is 10.7 Å². The molecule has 32 heavy (non-hydrogen) atoms. The third-order valence-corrected chi connectivity index (χ3v) is 4.98. The molecule has 1 aliphatic rings. The number of hydrogen-bond donors (Lipinski definition) is 3. The van der Waals surface area contributed by atoms with Gasteiger partial charge in [0, 0.05) is 18.3 Å². The zero-order valence-corrected chi connectivity index (χ0v) is 17.6. The zero-order chi connectivity index (χ0) is 23.0. The molecule has 3 aromatic heterocycles. The zero-order valence-electron chi connectivity index (χ0n) is 17.6. The fourth-order valence-corrected chi connectivity index (χ4v) is 3.33. The lowest BCUT2D eigenvalue weighted by molar-refractivity contribution is -0.153. The van der Waals surface area contributed by atoms with Crippen LogP contribution in [0.15, 0.2) is 28.9 Å². The van der Waals surface area contributed by atoms with E-state index >= 15 is 0 Å². The van der Waals surface area contributed by atoms with Gasteiger partial charge in [0.25, 0.3) is 0 Å². The Bertz CT molecular complexity index is 1140. The van der Waals surface area contributed by atoms with Crippen LogP contribution in [0.2, 0.25) is 0 Å². The molecule has 1 unspecified atom stereocenters. The van der Waals surface area contributed by atoms with Crippen LogP contribution in [0.1, 0.15) is 36.6 Å². The molecule has 1 amide bonds. The molecule has 0 aliphatic carbocycles. The van der Waals surface area contributed by atoms with Crippen molar-refractivity contribution in [3.63, 3.8) is 0 Å². The molecule has 0 spiro atoms. The van der Waals surface area contributed by atoms with Gasteiger partial charge in [-0.3, -0.25) is 9.48 Å². The van der Waals surface area contributed by atoms with E-state index in [2.05, 4.69) is 31.0 Å². The number of carbonyl (C=O) groups excluding carboxylic acids is 1. The molecule has 3 aromatic rings. The van der Waals surface area contributed by atoms with Crippen LogP contribution in [0.4, 0.5) is 30.6 Å². The van der Waals surface area contributed by atoms with E-state index in [-0.39, 0.29) is 30.2 Å². The van der Waals surface area contributed by atoms with Crippen molar-refractivity contribution < 1.29 is 22.4 Å². The third kappa shape index (κ3) is 4.53. The summed E-state index contributed by atoms with van der Waals surface area (Å²) in [5.41, 5.74) is 1.96. The molecule has 1 aliphatic heterocycles. The summed E-state index contributed by atoms with van der Waals surface area (Å²) < 4.78 is 44.3. The van der Waals surface area contributed by atoms with E-state index in [1.54, 1.807) is 19.3 Å². The summed E-state index contributed by atoms with van der Waals surface area (Å²) in [6.07, 6.45) is -1.22. The van der Waals surface area contributed by atoms with E-state index in [0.29, 0.717) is 29.7 Å². The second-order valence-corrected chi connectivity index (χ2v) is 7.87. The Morgan fingerprint density at radius 2 is 2.06 bits per heavy atom. The molecule has 0 saturated heterocycles. The molecule has 12 heteroatoms. The van der Waals surface area contributed by atoms with E-state index < -0.39 is 11.9 Å². The minimum atomic E-state index is -4.52. The number of hydrogen-bond acceptors (Lipinski definition) is 7. The van der Waals surface area contributed by atoms with Gasteiger partial charge in [-0.1, -0.05) is 13.8 Å². The van der Waals surface area contributed by atoms with Crippen LogP contribution in [0.3, 0.4) is 0 Å². The Hall–Kier alpha value is -3.57. The molecule has 4 heterocycles. The monoisotopic (exact) mass is 449 g/mol. The van der Waals surface area contributed by atoms with Gasteiger partial charge in [-0.15, -0.1) is 0 Å². The highest BCUT2D eigenvalue weighted by Gasteiger charge is 2.34. The number of rotatable bonds is 6. The minimum Gasteiger partial charge on any atom is -0.455 e. The molecule has 0 radical (unpaired) electrons. The van der Waals surface area contributed by atoms with Crippen molar-refractivity contribution in [2.75, 3.05) is 16.0 Å². The molecule has 0 aromatic carbocycles. The van der Waals surface area contributed by atoms with Crippen LogP contribution in [-0.4, -0.2) is 31.7 Å². The van der Waals surface area contributed by atoms with Crippen molar-refractivity contribution in [3.05, 3.63) is 47.3 Å². The lowest BCUT2D eigenvalue weighted by Gasteiger charge is -2.29. The smallest absolute Gasteiger partial charge is 0.449 e. The standard InChI is InChI=1S/C20H22F3N7O2/c1-10(2)15-18(31)28-16-11(3)26-19(29-17(16)27-15)24-6-12-7-25-30(8-12)9-13-4-5-14(32-13)20(21,22)23/h4-5,7-8,10,15H,6,9H2,1-3H3,(H,28,31)(H2,24,26,27,29). The molecule has 3 N–H and O–H groups in total.